The Bertz CT molecular complexity index is 775. The average molecular weight is 372 g/mol. The van der Waals surface area contributed by atoms with E-state index in [0.717, 1.165) is 38.4 Å². The van der Waals surface area contributed by atoms with E-state index in [2.05, 4.69) is 43.6 Å². The second kappa shape index (κ2) is 8.68. The number of aromatic nitrogens is 1. The Hall–Kier alpha value is -2.58. The van der Waals surface area contributed by atoms with Crippen molar-refractivity contribution < 1.29 is 4.39 Å². The number of rotatable bonds is 5. The fourth-order valence-corrected chi connectivity index (χ4v) is 2.95. The molecule has 3 rings (SSSR count). The molecule has 0 atom stereocenters. The molecule has 3 N–H and O–H groups in total. The van der Waals surface area contributed by atoms with Gasteiger partial charge < -0.3 is 10.6 Å². The van der Waals surface area contributed by atoms with E-state index < -0.39 is 0 Å². The van der Waals surface area contributed by atoms with Crippen LogP contribution in [0.3, 0.4) is 0 Å². The highest BCUT2D eigenvalue weighted by Gasteiger charge is 2.18. The van der Waals surface area contributed by atoms with Gasteiger partial charge in [0.05, 0.1) is 6.21 Å². The van der Waals surface area contributed by atoms with Crippen molar-refractivity contribution in [3.8, 4) is 0 Å². The summed E-state index contributed by atoms with van der Waals surface area (Å²) < 4.78 is 14.3. The van der Waals surface area contributed by atoms with Crippen LogP contribution in [0, 0.1) is 5.82 Å². The molecule has 1 aliphatic heterocycles. The molecule has 2 heterocycles. The summed E-state index contributed by atoms with van der Waals surface area (Å²) in [6.07, 6.45) is 5.04. The molecule has 0 unspecified atom stereocenters. The summed E-state index contributed by atoms with van der Waals surface area (Å²) in [6, 6.07) is 9.19. The number of hydrogen-bond donors (Lipinski definition) is 2. The summed E-state index contributed by atoms with van der Waals surface area (Å²) in [7, 11) is 0. The molecular formula is C18H21FN6S. The molecule has 1 aromatic carbocycles. The maximum absolute atomic E-state index is 14.3. The Kier molecular flexibility index (Phi) is 6.08. The van der Waals surface area contributed by atoms with Gasteiger partial charge in [-0.05, 0) is 42.0 Å². The van der Waals surface area contributed by atoms with Gasteiger partial charge in [-0.15, -0.1) is 0 Å². The summed E-state index contributed by atoms with van der Waals surface area (Å²) in [6.45, 7) is 4.46. The quantitative estimate of drug-likeness (QED) is 0.473. The lowest BCUT2D eigenvalue weighted by atomic mass is 10.1. The highest BCUT2D eigenvalue weighted by Crippen LogP contribution is 2.20. The highest BCUT2D eigenvalue weighted by molar-refractivity contribution is 7.80. The van der Waals surface area contributed by atoms with Gasteiger partial charge in [0.15, 0.2) is 5.11 Å². The van der Waals surface area contributed by atoms with Gasteiger partial charge >= 0.3 is 0 Å². The van der Waals surface area contributed by atoms with Crippen LogP contribution in [0.25, 0.3) is 0 Å². The van der Waals surface area contributed by atoms with Crippen LogP contribution >= 0.6 is 12.2 Å². The van der Waals surface area contributed by atoms with E-state index in [0.29, 0.717) is 5.56 Å². The van der Waals surface area contributed by atoms with E-state index in [1.54, 1.807) is 18.3 Å². The summed E-state index contributed by atoms with van der Waals surface area (Å²) in [5.41, 5.74) is 10.2. The van der Waals surface area contributed by atoms with Gasteiger partial charge in [-0.2, -0.15) is 5.10 Å². The van der Waals surface area contributed by atoms with Gasteiger partial charge in [0, 0.05) is 56.4 Å². The van der Waals surface area contributed by atoms with E-state index in [1.807, 2.05) is 18.3 Å². The third kappa shape index (κ3) is 4.96. The third-order valence-electron chi connectivity index (χ3n) is 4.23. The first kappa shape index (κ1) is 18.2. The maximum atomic E-state index is 14.3. The van der Waals surface area contributed by atoms with Crippen molar-refractivity contribution in [2.45, 2.75) is 6.54 Å². The zero-order chi connectivity index (χ0) is 18.4. The van der Waals surface area contributed by atoms with Crippen LogP contribution in [-0.4, -0.2) is 47.4 Å². The average Bonchev–Trinajstić information content (AvgIpc) is 2.64. The lowest BCUT2D eigenvalue weighted by molar-refractivity contribution is 0.249. The van der Waals surface area contributed by atoms with Crippen LogP contribution in [0.2, 0.25) is 0 Å². The topological polar surface area (TPSA) is 69.8 Å². The Labute approximate surface area is 157 Å². The fraction of sp³-hybridized carbons (Fsp3) is 0.278. The van der Waals surface area contributed by atoms with Crippen LogP contribution in [-0.2, 0) is 6.54 Å². The summed E-state index contributed by atoms with van der Waals surface area (Å²) in [5, 5.41) is 3.83. The van der Waals surface area contributed by atoms with Crippen molar-refractivity contribution in [2.75, 3.05) is 31.1 Å². The molecule has 2 aromatic rings. The first-order chi connectivity index (χ1) is 12.6. The number of nitrogens with two attached hydrogens (primary N) is 1. The molecule has 26 heavy (non-hydrogen) atoms. The summed E-state index contributed by atoms with van der Waals surface area (Å²) in [4.78, 5) is 8.73. The monoisotopic (exact) mass is 372 g/mol. The number of anilines is 1. The normalized spacial score (nSPS) is 15.3. The van der Waals surface area contributed by atoms with Gasteiger partial charge in [0.25, 0.3) is 0 Å². The Morgan fingerprint density at radius 2 is 2.12 bits per heavy atom. The number of nitrogens with one attached hydrogen (secondary N) is 1. The zero-order valence-corrected chi connectivity index (χ0v) is 15.1. The van der Waals surface area contributed by atoms with Gasteiger partial charge in [-0.3, -0.25) is 15.3 Å². The van der Waals surface area contributed by atoms with Crippen molar-refractivity contribution in [3.63, 3.8) is 0 Å². The Morgan fingerprint density at radius 3 is 2.77 bits per heavy atom. The summed E-state index contributed by atoms with van der Waals surface area (Å²) >= 11 is 4.65. The van der Waals surface area contributed by atoms with Crippen molar-refractivity contribution in [3.05, 3.63) is 59.7 Å². The molecule has 1 aliphatic rings. The number of halogens is 1. The van der Waals surface area contributed by atoms with Crippen LogP contribution in [0.5, 0.6) is 0 Å². The number of hydrogen-bond acceptors (Lipinski definition) is 5. The molecule has 0 saturated carbocycles. The molecule has 1 fully saturated rings. The summed E-state index contributed by atoms with van der Waals surface area (Å²) in [5.74, 6) is -0.325. The molecule has 0 bridgehead atoms. The third-order valence-corrected chi connectivity index (χ3v) is 4.32. The molecule has 1 saturated heterocycles. The maximum Gasteiger partial charge on any atom is 0.184 e. The SMILES string of the molecule is NC(=S)NN=Cc1ccc(N2CCN(Cc3cccnc3)CC2)cc1F. The molecule has 0 radical (unpaired) electrons. The second-order valence-electron chi connectivity index (χ2n) is 6.06. The minimum atomic E-state index is -0.325. The molecule has 0 aliphatic carbocycles. The van der Waals surface area contributed by atoms with Crippen LogP contribution in [0.4, 0.5) is 10.1 Å². The first-order valence-corrected chi connectivity index (χ1v) is 8.77. The van der Waals surface area contributed by atoms with Gasteiger partial charge in [-0.1, -0.05) is 6.07 Å². The Morgan fingerprint density at radius 1 is 1.31 bits per heavy atom. The number of piperazine rings is 1. The molecule has 8 heteroatoms. The standard InChI is InChI=1S/C18H21FN6S/c19-17-10-16(4-3-15(17)12-22-23-18(20)26)25-8-6-24(7-9-25)13-14-2-1-5-21-11-14/h1-5,10-12H,6-9,13H2,(H3,20,23,26). The molecule has 136 valence electrons. The molecule has 0 spiro atoms. The predicted molar refractivity (Wildman–Crippen MR) is 106 cm³/mol. The van der Waals surface area contributed by atoms with Crippen LogP contribution < -0.4 is 16.1 Å². The van der Waals surface area contributed by atoms with Crippen molar-refractivity contribution in [1.29, 1.82) is 0 Å². The minimum Gasteiger partial charge on any atom is -0.375 e. The van der Waals surface area contributed by atoms with Crippen molar-refractivity contribution >= 4 is 29.2 Å². The van der Waals surface area contributed by atoms with Gasteiger partial charge in [0.1, 0.15) is 5.82 Å². The van der Waals surface area contributed by atoms with E-state index in [1.165, 1.54) is 11.8 Å². The Balaban J connectivity index is 1.56. The number of hydrazone groups is 1. The lowest BCUT2D eigenvalue weighted by Crippen LogP contribution is -2.46. The lowest BCUT2D eigenvalue weighted by Gasteiger charge is -2.36. The van der Waals surface area contributed by atoms with Crippen LogP contribution in [0.1, 0.15) is 11.1 Å². The largest absolute Gasteiger partial charge is 0.375 e. The first-order valence-electron chi connectivity index (χ1n) is 8.36. The van der Waals surface area contributed by atoms with Crippen LogP contribution in [0.15, 0.2) is 47.8 Å². The van der Waals surface area contributed by atoms with E-state index in [4.69, 9.17) is 5.73 Å². The highest BCUT2D eigenvalue weighted by atomic mass is 32.1. The van der Waals surface area contributed by atoms with Gasteiger partial charge in [0.2, 0.25) is 0 Å². The van der Waals surface area contributed by atoms with Crippen molar-refractivity contribution in [1.82, 2.24) is 15.3 Å². The molecule has 0 amide bonds. The van der Waals surface area contributed by atoms with E-state index in [9.17, 15) is 4.39 Å². The number of nitrogens with zero attached hydrogens (tertiary/aromatic N) is 4. The predicted octanol–water partition coefficient (Wildman–Crippen LogP) is 1.71. The van der Waals surface area contributed by atoms with Crippen molar-refractivity contribution in [2.24, 2.45) is 10.8 Å². The van der Waals surface area contributed by atoms with Gasteiger partial charge in [-0.25, -0.2) is 4.39 Å². The fourth-order valence-electron chi connectivity index (χ4n) is 2.90. The second-order valence-corrected chi connectivity index (χ2v) is 6.50. The molecular weight excluding hydrogens is 351 g/mol. The van der Waals surface area contributed by atoms with E-state index >= 15 is 0 Å². The minimum absolute atomic E-state index is 0.0439. The molecule has 1 aromatic heterocycles. The zero-order valence-electron chi connectivity index (χ0n) is 14.3. The van der Waals surface area contributed by atoms with E-state index in [-0.39, 0.29) is 10.9 Å². The molecule has 6 nitrogen and oxygen atoms in total. The number of thiocarbonyl (C=S) groups is 1. The number of benzene rings is 1. The smallest absolute Gasteiger partial charge is 0.184 e. The number of pyridine rings is 1.